The molecule has 0 aromatic heterocycles. The molecule has 0 spiro atoms. The fraction of sp³-hybridized carbons (Fsp3) is 0.625. The molecule has 1 aromatic rings. The summed E-state index contributed by atoms with van der Waals surface area (Å²) < 4.78 is 11.0. The van der Waals surface area contributed by atoms with E-state index < -0.39 is 17.7 Å². The van der Waals surface area contributed by atoms with Crippen LogP contribution in [0.25, 0.3) is 0 Å². The lowest BCUT2D eigenvalue weighted by molar-refractivity contribution is -0.135. The Bertz CT molecular complexity index is 780. The van der Waals surface area contributed by atoms with E-state index in [-0.39, 0.29) is 11.7 Å². The maximum atomic E-state index is 12.7. The standard InChI is InChI=1S/C24H37N3O5/c1-17(11-16-31-21-9-7-20(8-10-21)19(3)28)26-12-14-27(15-13-26)22(29)18(2)25-23(30)32-24(4,5)6/h7-10,17-18H,11-16H2,1-6H3,(H,25,30)/t17-,18-/m1/s1. The first-order valence-electron chi connectivity index (χ1n) is 11.2. The maximum absolute atomic E-state index is 12.7. The molecule has 8 nitrogen and oxygen atoms in total. The van der Waals surface area contributed by atoms with E-state index in [1.54, 1.807) is 51.7 Å². The van der Waals surface area contributed by atoms with Crippen molar-refractivity contribution in [3.05, 3.63) is 29.8 Å². The number of piperazine rings is 1. The van der Waals surface area contributed by atoms with Crippen LogP contribution in [0.4, 0.5) is 4.79 Å². The van der Waals surface area contributed by atoms with Crippen molar-refractivity contribution in [1.29, 1.82) is 0 Å². The molecule has 178 valence electrons. The largest absolute Gasteiger partial charge is 0.494 e. The highest BCUT2D eigenvalue weighted by Crippen LogP contribution is 2.15. The molecule has 1 saturated heterocycles. The number of ether oxygens (including phenoxy) is 2. The minimum absolute atomic E-state index is 0.0396. The zero-order chi connectivity index (χ0) is 23.9. The van der Waals surface area contributed by atoms with Crippen LogP contribution in [0.2, 0.25) is 0 Å². The molecule has 1 aliphatic rings. The van der Waals surface area contributed by atoms with E-state index in [9.17, 15) is 14.4 Å². The molecule has 1 aromatic carbocycles. The Labute approximate surface area is 191 Å². The van der Waals surface area contributed by atoms with Gasteiger partial charge >= 0.3 is 6.09 Å². The molecule has 0 aliphatic carbocycles. The molecular weight excluding hydrogens is 410 g/mol. The molecule has 0 saturated carbocycles. The van der Waals surface area contributed by atoms with Gasteiger partial charge in [0.1, 0.15) is 17.4 Å². The summed E-state index contributed by atoms with van der Waals surface area (Å²) >= 11 is 0. The Morgan fingerprint density at radius 1 is 1.03 bits per heavy atom. The summed E-state index contributed by atoms with van der Waals surface area (Å²) in [4.78, 5) is 40.0. The average molecular weight is 448 g/mol. The van der Waals surface area contributed by atoms with Gasteiger partial charge in [0.05, 0.1) is 6.61 Å². The first kappa shape index (κ1) is 25.6. The van der Waals surface area contributed by atoms with Gasteiger partial charge in [-0.2, -0.15) is 0 Å². The van der Waals surface area contributed by atoms with Gasteiger partial charge in [0.15, 0.2) is 5.78 Å². The third kappa shape index (κ3) is 8.15. The van der Waals surface area contributed by atoms with Crippen molar-refractivity contribution in [3.63, 3.8) is 0 Å². The van der Waals surface area contributed by atoms with E-state index in [0.29, 0.717) is 31.3 Å². The van der Waals surface area contributed by atoms with Crippen LogP contribution in [0.1, 0.15) is 58.3 Å². The lowest BCUT2D eigenvalue weighted by Gasteiger charge is -2.39. The summed E-state index contributed by atoms with van der Waals surface area (Å²) in [5.74, 6) is 0.697. The molecule has 8 heteroatoms. The van der Waals surface area contributed by atoms with Gasteiger partial charge in [0.25, 0.3) is 0 Å². The van der Waals surface area contributed by atoms with Gasteiger partial charge in [-0.25, -0.2) is 4.79 Å². The molecular formula is C24H37N3O5. The number of carbonyl (C=O) groups excluding carboxylic acids is 3. The number of Topliss-reactive ketones (excluding diaryl/α,β-unsaturated/α-hetero) is 1. The van der Waals surface area contributed by atoms with Crippen LogP contribution in [-0.2, 0) is 9.53 Å². The second-order valence-corrected chi connectivity index (χ2v) is 9.30. The summed E-state index contributed by atoms with van der Waals surface area (Å²) in [6.07, 6.45) is 0.278. The molecule has 32 heavy (non-hydrogen) atoms. The van der Waals surface area contributed by atoms with Crippen molar-refractivity contribution in [1.82, 2.24) is 15.1 Å². The second-order valence-electron chi connectivity index (χ2n) is 9.30. The highest BCUT2D eigenvalue weighted by Gasteiger charge is 2.28. The monoisotopic (exact) mass is 447 g/mol. The van der Waals surface area contributed by atoms with E-state index in [4.69, 9.17) is 9.47 Å². The van der Waals surface area contributed by atoms with Crippen molar-refractivity contribution >= 4 is 17.8 Å². The molecule has 1 heterocycles. The zero-order valence-electron chi connectivity index (χ0n) is 20.1. The van der Waals surface area contributed by atoms with Gasteiger partial charge < -0.3 is 19.7 Å². The molecule has 0 bridgehead atoms. The highest BCUT2D eigenvalue weighted by atomic mass is 16.6. The van der Waals surface area contributed by atoms with Crippen molar-refractivity contribution in [3.8, 4) is 5.75 Å². The Morgan fingerprint density at radius 3 is 2.16 bits per heavy atom. The van der Waals surface area contributed by atoms with E-state index in [1.165, 1.54) is 0 Å². The van der Waals surface area contributed by atoms with E-state index in [1.807, 2.05) is 12.1 Å². The summed E-state index contributed by atoms with van der Waals surface area (Å²) in [6, 6.07) is 6.88. The maximum Gasteiger partial charge on any atom is 0.408 e. The summed E-state index contributed by atoms with van der Waals surface area (Å²) in [5.41, 5.74) is 0.0739. The number of amides is 2. The summed E-state index contributed by atoms with van der Waals surface area (Å²) in [5, 5.41) is 2.62. The van der Waals surface area contributed by atoms with Gasteiger partial charge in [0, 0.05) is 37.8 Å². The number of hydrogen-bond acceptors (Lipinski definition) is 6. The second kappa shape index (κ2) is 11.3. The number of alkyl carbamates (subject to hydrolysis) is 1. The smallest absolute Gasteiger partial charge is 0.408 e. The van der Waals surface area contributed by atoms with E-state index in [2.05, 4.69) is 17.1 Å². The number of nitrogens with zero attached hydrogens (tertiary/aromatic N) is 2. The van der Waals surface area contributed by atoms with E-state index in [0.717, 1.165) is 25.3 Å². The SMILES string of the molecule is CC(=O)c1ccc(OCC[C@@H](C)N2CCN(C(=O)[C@@H](C)NC(=O)OC(C)(C)C)CC2)cc1. The molecule has 2 atom stereocenters. The molecule has 1 N–H and O–H groups in total. The molecule has 0 radical (unpaired) electrons. The number of rotatable bonds is 8. The normalized spacial score (nSPS) is 16.8. The zero-order valence-corrected chi connectivity index (χ0v) is 20.1. The first-order chi connectivity index (χ1) is 15.0. The molecule has 2 rings (SSSR count). The highest BCUT2D eigenvalue weighted by molar-refractivity contribution is 5.94. The predicted molar refractivity (Wildman–Crippen MR) is 123 cm³/mol. The Balaban J connectivity index is 1.71. The van der Waals surface area contributed by atoms with Gasteiger partial charge in [0.2, 0.25) is 5.91 Å². The van der Waals surface area contributed by atoms with Gasteiger partial charge in [-0.05, 0) is 72.2 Å². The Morgan fingerprint density at radius 2 is 1.62 bits per heavy atom. The van der Waals surface area contributed by atoms with Crippen LogP contribution >= 0.6 is 0 Å². The van der Waals surface area contributed by atoms with Crippen molar-refractivity contribution in [2.45, 2.75) is 65.6 Å². The van der Waals surface area contributed by atoms with Gasteiger partial charge in [-0.1, -0.05) is 0 Å². The molecule has 2 amide bonds. The fourth-order valence-corrected chi connectivity index (χ4v) is 3.52. The number of benzene rings is 1. The third-order valence-corrected chi connectivity index (χ3v) is 5.42. The number of carbonyl (C=O) groups is 3. The van der Waals surface area contributed by atoms with Crippen LogP contribution in [0.3, 0.4) is 0 Å². The van der Waals surface area contributed by atoms with Crippen LogP contribution in [0, 0.1) is 0 Å². The van der Waals surface area contributed by atoms with Crippen LogP contribution < -0.4 is 10.1 Å². The lowest BCUT2D eigenvalue weighted by Crippen LogP contribution is -2.55. The van der Waals surface area contributed by atoms with Gasteiger partial charge in [-0.15, -0.1) is 0 Å². The quantitative estimate of drug-likeness (QED) is 0.616. The lowest BCUT2D eigenvalue weighted by atomic mass is 10.1. The average Bonchev–Trinajstić information content (AvgIpc) is 2.72. The van der Waals surface area contributed by atoms with Crippen molar-refractivity contribution in [2.75, 3.05) is 32.8 Å². The predicted octanol–water partition coefficient (Wildman–Crippen LogP) is 3.10. The molecule has 1 fully saturated rings. The number of ketones is 1. The topological polar surface area (TPSA) is 88.2 Å². The Kier molecular flexibility index (Phi) is 9.07. The van der Waals surface area contributed by atoms with Crippen LogP contribution in [0.15, 0.2) is 24.3 Å². The first-order valence-corrected chi connectivity index (χ1v) is 11.2. The number of nitrogens with one attached hydrogen (secondary N) is 1. The van der Waals surface area contributed by atoms with Gasteiger partial charge in [-0.3, -0.25) is 14.5 Å². The minimum Gasteiger partial charge on any atom is -0.494 e. The molecule has 0 unspecified atom stereocenters. The fourth-order valence-electron chi connectivity index (χ4n) is 3.52. The third-order valence-electron chi connectivity index (χ3n) is 5.42. The summed E-state index contributed by atoms with van der Waals surface area (Å²) in [6.45, 7) is 14.1. The van der Waals surface area contributed by atoms with Crippen molar-refractivity contribution in [2.24, 2.45) is 0 Å². The summed E-state index contributed by atoms with van der Waals surface area (Å²) in [7, 11) is 0. The molecule has 1 aliphatic heterocycles. The number of hydrogen-bond donors (Lipinski definition) is 1. The Hall–Kier alpha value is -2.61. The minimum atomic E-state index is -0.628. The van der Waals surface area contributed by atoms with E-state index >= 15 is 0 Å². The van der Waals surface area contributed by atoms with Crippen molar-refractivity contribution < 1.29 is 23.9 Å². The van der Waals surface area contributed by atoms with Crippen LogP contribution in [0.5, 0.6) is 5.75 Å². The van der Waals surface area contributed by atoms with Crippen LogP contribution in [-0.4, -0.2) is 78.1 Å².